The number of rotatable bonds is 10. The number of hydrogen-bond donors (Lipinski definition) is 2. The lowest BCUT2D eigenvalue weighted by atomic mass is 10.1. The summed E-state index contributed by atoms with van der Waals surface area (Å²) in [7, 11) is -4.04. The summed E-state index contributed by atoms with van der Waals surface area (Å²) >= 11 is 6.19. The first-order valence-electron chi connectivity index (χ1n) is 10.7. The maximum atomic E-state index is 13.2. The van der Waals surface area contributed by atoms with Gasteiger partial charge < -0.3 is 10.1 Å². The molecule has 0 radical (unpaired) electrons. The summed E-state index contributed by atoms with van der Waals surface area (Å²) in [5.74, 6) is -0.0479. The summed E-state index contributed by atoms with van der Waals surface area (Å²) in [5, 5.41) is 3.06. The number of nitrogens with one attached hydrogen (secondary N) is 2. The van der Waals surface area contributed by atoms with Crippen LogP contribution < -0.4 is 14.8 Å². The summed E-state index contributed by atoms with van der Waals surface area (Å²) in [4.78, 5) is 13.2. The van der Waals surface area contributed by atoms with Crippen LogP contribution >= 0.6 is 11.6 Å². The summed E-state index contributed by atoms with van der Waals surface area (Å²) in [6.45, 7) is 4.21. The zero-order chi connectivity index (χ0) is 23.8. The number of carbonyl (C=O) groups is 1. The van der Waals surface area contributed by atoms with E-state index in [0.29, 0.717) is 18.0 Å². The van der Waals surface area contributed by atoms with Crippen LogP contribution in [0.5, 0.6) is 5.75 Å². The average Bonchev–Trinajstić information content (AvgIpc) is 2.81. The number of para-hydroxylation sites is 1. The molecule has 3 aromatic carbocycles. The van der Waals surface area contributed by atoms with Crippen LogP contribution in [0.25, 0.3) is 0 Å². The summed E-state index contributed by atoms with van der Waals surface area (Å²) in [6.07, 6.45) is 0.918. The Morgan fingerprint density at radius 3 is 2.36 bits per heavy atom. The molecule has 1 unspecified atom stereocenters. The van der Waals surface area contributed by atoms with E-state index in [-0.39, 0.29) is 16.3 Å². The molecule has 2 N–H and O–H groups in total. The lowest BCUT2D eigenvalue weighted by Gasteiger charge is -2.20. The molecule has 174 valence electrons. The number of benzene rings is 3. The van der Waals surface area contributed by atoms with Crippen molar-refractivity contribution in [2.45, 2.75) is 37.6 Å². The van der Waals surface area contributed by atoms with Gasteiger partial charge >= 0.3 is 0 Å². The van der Waals surface area contributed by atoms with E-state index in [1.807, 2.05) is 62.4 Å². The van der Waals surface area contributed by atoms with Crippen molar-refractivity contribution in [3.63, 3.8) is 0 Å². The van der Waals surface area contributed by atoms with Gasteiger partial charge in [-0.3, -0.25) is 4.79 Å². The molecule has 1 amide bonds. The highest BCUT2D eigenvalue weighted by molar-refractivity contribution is 7.89. The third kappa shape index (κ3) is 6.57. The van der Waals surface area contributed by atoms with E-state index in [1.165, 1.54) is 18.2 Å². The normalized spacial score (nSPS) is 12.2. The van der Waals surface area contributed by atoms with Gasteiger partial charge in [0.05, 0.1) is 16.5 Å². The maximum absolute atomic E-state index is 13.2. The van der Waals surface area contributed by atoms with Crippen LogP contribution in [0, 0.1) is 0 Å². The molecule has 0 aliphatic heterocycles. The van der Waals surface area contributed by atoms with Crippen LogP contribution in [0.4, 0.5) is 5.69 Å². The number of anilines is 1. The van der Waals surface area contributed by atoms with E-state index in [9.17, 15) is 13.2 Å². The first kappa shape index (κ1) is 24.8. The van der Waals surface area contributed by atoms with E-state index < -0.39 is 22.0 Å². The van der Waals surface area contributed by atoms with E-state index in [0.717, 1.165) is 17.5 Å². The molecule has 0 saturated heterocycles. The molecule has 0 bridgehead atoms. The van der Waals surface area contributed by atoms with Gasteiger partial charge in [-0.15, -0.1) is 0 Å². The Labute approximate surface area is 200 Å². The Morgan fingerprint density at radius 2 is 1.70 bits per heavy atom. The predicted molar refractivity (Wildman–Crippen MR) is 131 cm³/mol. The number of aryl methyl sites for hydroxylation is 1. The second-order valence-corrected chi connectivity index (χ2v) is 9.51. The number of amides is 1. The fraction of sp³-hybridized carbons (Fsp3) is 0.240. The molecule has 8 heteroatoms. The zero-order valence-electron chi connectivity index (χ0n) is 18.5. The molecule has 6 nitrogen and oxygen atoms in total. The van der Waals surface area contributed by atoms with E-state index in [2.05, 4.69) is 10.0 Å². The van der Waals surface area contributed by atoms with Gasteiger partial charge in [0.2, 0.25) is 15.9 Å². The van der Waals surface area contributed by atoms with Crippen LogP contribution in [-0.2, 0) is 27.7 Å². The highest BCUT2D eigenvalue weighted by atomic mass is 35.5. The standard InChI is InChI=1S/C25H27ClN2O4S/c1-3-19-12-8-9-13-22(19)27-25(29)23(16-18-10-6-5-7-11-18)28-33(30,31)20-14-15-24(32-4-2)21(26)17-20/h5-15,17,23,28H,3-4,16H2,1-2H3,(H,27,29). The van der Waals surface area contributed by atoms with Gasteiger partial charge in [0, 0.05) is 5.69 Å². The van der Waals surface area contributed by atoms with E-state index in [4.69, 9.17) is 16.3 Å². The summed E-state index contributed by atoms with van der Waals surface area (Å²) < 4.78 is 34.2. The first-order valence-corrected chi connectivity index (χ1v) is 12.6. The molecule has 0 heterocycles. The maximum Gasteiger partial charge on any atom is 0.242 e. The van der Waals surface area contributed by atoms with Crippen LogP contribution in [0.3, 0.4) is 0 Å². The Balaban J connectivity index is 1.89. The number of hydrogen-bond acceptors (Lipinski definition) is 4. The second-order valence-electron chi connectivity index (χ2n) is 7.39. The lowest BCUT2D eigenvalue weighted by molar-refractivity contribution is -0.117. The molecular formula is C25H27ClN2O4S. The Kier molecular flexibility index (Phi) is 8.49. The van der Waals surface area contributed by atoms with Crippen molar-refractivity contribution in [2.24, 2.45) is 0 Å². The molecule has 0 aliphatic carbocycles. The smallest absolute Gasteiger partial charge is 0.242 e. The van der Waals surface area contributed by atoms with Gasteiger partial charge in [0.25, 0.3) is 0 Å². The summed E-state index contributed by atoms with van der Waals surface area (Å²) in [6, 6.07) is 19.9. The van der Waals surface area contributed by atoms with Crippen molar-refractivity contribution >= 4 is 33.2 Å². The van der Waals surface area contributed by atoms with Gasteiger partial charge in [0.15, 0.2) is 0 Å². The van der Waals surface area contributed by atoms with E-state index in [1.54, 1.807) is 6.07 Å². The van der Waals surface area contributed by atoms with Crippen LogP contribution in [-0.4, -0.2) is 27.0 Å². The highest BCUT2D eigenvalue weighted by Crippen LogP contribution is 2.27. The SMILES string of the molecule is CCOc1ccc(S(=O)(=O)NC(Cc2ccccc2)C(=O)Nc2ccccc2CC)cc1Cl. The molecule has 33 heavy (non-hydrogen) atoms. The molecule has 0 aromatic heterocycles. The first-order chi connectivity index (χ1) is 15.8. The minimum Gasteiger partial charge on any atom is -0.492 e. The lowest BCUT2D eigenvalue weighted by Crippen LogP contribution is -2.45. The predicted octanol–water partition coefficient (Wildman–Crippen LogP) is 4.83. The van der Waals surface area contributed by atoms with Crippen molar-refractivity contribution in [3.8, 4) is 5.75 Å². The van der Waals surface area contributed by atoms with Crippen molar-refractivity contribution in [2.75, 3.05) is 11.9 Å². The fourth-order valence-corrected chi connectivity index (χ4v) is 4.91. The van der Waals surface area contributed by atoms with Gasteiger partial charge in [-0.05, 0) is 55.2 Å². The van der Waals surface area contributed by atoms with Gasteiger partial charge in [-0.1, -0.05) is 67.1 Å². The molecular weight excluding hydrogens is 460 g/mol. The third-order valence-corrected chi connectivity index (χ3v) is 6.83. The molecule has 0 aliphatic rings. The number of halogens is 1. The largest absolute Gasteiger partial charge is 0.492 e. The number of carbonyl (C=O) groups excluding carboxylic acids is 1. The van der Waals surface area contributed by atoms with Crippen LogP contribution in [0.2, 0.25) is 5.02 Å². The molecule has 1 atom stereocenters. The number of ether oxygens (including phenoxy) is 1. The molecule has 3 aromatic rings. The molecule has 0 fully saturated rings. The van der Waals surface area contributed by atoms with Gasteiger partial charge in [-0.25, -0.2) is 8.42 Å². The van der Waals surface area contributed by atoms with Crippen LogP contribution in [0.1, 0.15) is 25.0 Å². The second kappa shape index (κ2) is 11.3. The van der Waals surface area contributed by atoms with Crippen molar-refractivity contribution in [1.29, 1.82) is 0 Å². The van der Waals surface area contributed by atoms with Crippen molar-refractivity contribution < 1.29 is 17.9 Å². The quantitative estimate of drug-likeness (QED) is 0.430. The van der Waals surface area contributed by atoms with Crippen molar-refractivity contribution in [1.82, 2.24) is 4.72 Å². The third-order valence-electron chi connectivity index (χ3n) is 5.07. The Bertz CT molecular complexity index is 1200. The minimum absolute atomic E-state index is 0.0456. The van der Waals surface area contributed by atoms with E-state index >= 15 is 0 Å². The zero-order valence-corrected chi connectivity index (χ0v) is 20.1. The molecule has 0 saturated carbocycles. The number of sulfonamides is 1. The fourth-order valence-electron chi connectivity index (χ4n) is 3.38. The Hall–Kier alpha value is -2.87. The molecule has 3 rings (SSSR count). The van der Waals surface area contributed by atoms with Gasteiger partial charge in [0.1, 0.15) is 11.8 Å². The monoisotopic (exact) mass is 486 g/mol. The van der Waals surface area contributed by atoms with Gasteiger partial charge in [-0.2, -0.15) is 4.72 Å². The van der Waals surface area contributed by atoms with Crippen LogP contribution in [0.15, 0.2) is 77.7 Å². The average molecular weight is 487 g/mol. The molecule has 0 spiro atoms. The highest BCUT2D eigenvalue weighted by Gasteiger charge is 2.27. The topological polar surface area (TPSA) is 84.5 Å². The van der Waals surface area contributed by atoms with Crippen molar-refractivity contribution in [3.05, 3.63) is 88.9 Å². The summed E-state index contributed by atoms with van der Waals surface area (Å²) in [5.41, 5.74) is 2.45. The Morgan fingerprint density at radius 1 is 1.00 bits per heavy atom. The minimum atomic E-state index is -4.04.